The second kappa shape index (κ2) is 5.38. The highest BCUT2D eigenvalue weighted by molar-refractivity contribution is 7.91. The van der Waals surface area contributed by atoms with E-state index >= 15 is 0 Å². The summed E-state index contributed by atoms with van der Waals surface area (Å²) in [6.07, 6.45) is 0.485. The number of hydrogen-bond donors (Lipinski definition) is 2. The lowest BCUT2D eigenvalue weighted by Crippen LogP contribution is -2.27. The van der Waals surface area contributed by atoms with Crippen molar-refractivity contribution in [2.45, 2.75) is 25.5 Å². The molecule has 2 rings (SSSR count). The zero-order valence-electron chi connectivity index (χ0n) is 10.2. The van der Waals surface area contributed by atoms with Crippen LogP contribution >= 0.6 is 0 Å². The highest BCUT2D eigenvalue weighted by Gasteiger charge is 2.29. The molecule has 0 spiro atoms. The molecule has 0 aromatic heterocycles. The fraction of sp³-hybridized carbons (Fsp3) is 0.538. The molecular weight excluding hydrogens is 250 g/mol. The van der Waals surface area contributed by atoms with E-state index in [2.05, 4.69) is 0 Å². The summed E-state index contributed by atoms with van der Waals surface area (Å²) < 4.78 is 22.7. The van der Waals surface area contributed by atoms with Gasteiger partial charge in [0.15, 0.2) is 0 Å². The molecule has 1 heterocycles. The molecule has 0 bridgehead atoms. The molecule has 3 N–H and O–H groups in total. The van der Waals surface area contributed by atoms with Gasteiger partial charge in [-0.3, -0.25) is 0 Å². The van der Waals surface area contributed by atoms with Crippen LogP contribution in [0.1, 0.15) is 30.1 Å². The molecule has 0 radical (unpaired) electrons. The largest absolute Gasteiger partial charge is 0.388 e. The maximum Gasteiger partial charge on any atom is 0.150 e. The van der Waals surface area contributed by atoms with Gasteiger partial charge in [0.1, 0.15) is 9.84 Å². The van der Waals surface area contributed by atoms with Crippen molar-refractivity contribution in [2.75, 3.05) is 11.5 Å². The smallest absolute Gasteiger partial charge is 0.150 e. The molecule has 1 saturated heterocycles. The van der Waals surface area contributed by atoms with Gasteiger partial charge in [0.2, 0.25) is 0 Å². The standard InChI is InChI=1S/C13H19NO3S/c14-9-10-2-1-3-12(8-10)13(15)11-4-6-18(16,17)7-5-11/h1-3,8,11,13,15H,4-7,9,14H2. The summed E-state index contributed by atoms with van der Waals surface area (Å²) in [6, 6.07) is 7.56. The predicted molar refractivity (Wildman–Crippen MR) is 70.7 cm³/mol. The molecule has 0 saturated carbocycles. The topological polar surface area (TPSA) is 80.4 Å². The molecule has 1 aromatic carbocycles. The number of benzene rings is 1. The Hall–Kier alpha value is -0.910. The lowest BCUT2D eigenvalue weighted by Gasteiger charge is -2.27. The van der Waals surface area contributed by atoms with E-state index in [9.17, 15) is 13.5 Å². The van der Waals surface area contributed by atoms with E-state index in [1.54, 1.807) is 0 Å². The van der Waals surface area contributed by atoms with Gasteiger partial charge in [-0.2, -0.15) is 0 Å². The lowest BCUT2D eigenvalue weighted by molar-refractivity contribution is 0.102. The Balaban J connectivity index is 2.09. The minimum Gasteiger partial charge on any atom is -0.388 e. The Morgan fingerprint density at radius 1 is 1.33 bits per heavy atom. The van der Waals surface area contributed by atoms with Crippen LogP contribution in [0.4, 0.5) is 0 Å². The number of aliphatic hydroxyl groups is 1. The third kappa shape index (κ3) is 3.10. The molecule has 0 amide bonds. The first kappa shape index (κ1) is 13.5. The maximum absolute atomic E-state index is 11.4. The number of hydrogen-bond acceptors (Lipinski definition) is 4. The Labute approximate surface area is 108 Å². The van der Waals surface area contributed by atoms with Crippen molar-refractivity contribution < 1.29 is 13.5 Å². The van der Waals surface area contributed by atoms with Gasteiger partial charge in [-0.15, -0.1) is 0 Å². The molecule has 18 heavy (non-hydrogen) atoms. The molecule has 1 aliphatic rings. The van der Waals surface area contributed by atoms with E-state index in [-0.39, 0.29) is 17.4 Å². The van der Waals surface area contributed by atoms with Gasteiger partial charge in [0.05, 0.1) is 17.6 Å². The first-order chi connectivity index (χ1) is 8.52. The minimum absolute atomic E-state index is 0.0292. The predicted octanol–water partition coefficient (Wildman–Crippen LogP) is 1.00. The maximum atomic E-state index is 11.4. The van der Waals surface area contributed by atoms with Crippen LogP contribution < -0.4 is 5.73 Å². The van der Waals surface area contributed by atoms with Crippen molar-refractivity contribution >= 4 is 9.84 Å². The van der Waals surface area contributed by atoms with Crippen molar-refractivity contribution in [1.82, 2.24) is 0 Å². The van der Waals surface area contributed by atoms with Crippen molar-refractivity contribution in [3.05, 3.63) is 35.4 Å². The Morgan fingerprint density at radius 3 is 2.61 bits per heavy atom. The molecule has 0 aliphatic carbocycles. The molecule has 100 valence electrons. The van der Waals surface area contributed by atoms with Gasteiger partial charge in [-0.25, -0.2) is 8.42 Å². The van der Waals surface area contributed by atoms with E-state index in [0.29, 0.717) is 19.4 Å². The molecular formula is C13H19NO3S. The third-order valence-corrected chi connectivity index (χ3v) is 5.29. The highest BCUT2D eigenvalue weighted by Crippen LogP contribution is 2.31. The molecule has 1 unspecified atom stereocenters. The van der Waals surface area contributed by atoms with Crippen LogP contribution in [0.5, 0.6) is 0 Å². The first-order valence-corrected chi connectivity index (χ1v) is 8.01. The van der Waals surface area contributed by atoms with E-state index < -0.39 is 15.9 Å². The second-order valence-electron chi connectivity index (χ2n) is 4.88. The van der Waals surface area contributed by atoms with Crippen LogP contribution in [0.25, 0.3) is 0 Å². The van der Waals surface area contributed by atoms with Crippen LogP contribution in [0.2, 0.25) is 0 Å². The average Bonchev–Trinajstić information content (AvgIpc) is 2.38. The van der Waals surface area contributed by atoms with Crippen LogP contribution in [-0.2, 0) is 16.4 Å². The van der Waals surface area contributed by atoms with Gasteiger partial charge < -0.3 is 10.8 Å². The van der Waals surface area contributed by atoms with Crippen LogP contribution in [0.15, 0.2) is 24.3 Å². The van der Waals surface area contributed by atoms with E-state index in [0.717, 1.165) is 11.1 Å². The Bertz CT molecular complexity index is 499. The Morgan fingerprint density at radius 2 is 2.00 bits per heavy atom. The molecule has 1 atom stereocenters. The zero-order chi connectivity index (χ0) is 13.2. The molecule has 1 fully saturated rings. The second-order valence-corrected chi connectivity index (χ2v) is 7.19. The number of sulfone groups is 1. The third-order valence-electron chi connectivity index (χ3n) is 3.57. The summed E-state index contributed by atoms with van der Waals surface area (Å²) in [4.78, 5) is 0. The summed E-state index contributed by atoms with van der Waals surface area (Å²) in [5.41, 5.74) is 7.39. The van der Waals surface area contributed by atoms with Gasteiger partial charge in [0, 0.05) is 6.54 Å². The fourth-order valence-electron chi connectivity index (χ4n) is 2.40. The van der Waals surface area contributed by atoms with Crippen LogP contribution in [-0.4, -0.2) is 25.0 Å². The fourth-order valence-corrected chi connectivity index (χ4v) is 3.93. The van der Waals surface area contributed by atoms with E-state index in [1.807, 2.05) is 24.3 Å². The zero-order valence-corrected chi connectivity index (χ0v) is 11.1. The molecule has 1 aliphatic heterocycles. The van der Waals surface area contributed by atoms with Gasteiger partial charge in [-0.1, -0.05) is 24.3 Å². The van der Waals surface area contributed by atoms with Crippen molar-refractivity contribution in [3.63, 3.8) is 0 Å². The molecule has 5 heteroatoms. The quantitative estimate of drug-likeness (QED) is 0.858. The van der Waals surface area contributed by atoms with Crippen LogP contribution in [0.3, 0.4) is 0 Å². The molecule has 1 aromatic rings. The van der Waals surface area contributed by atoms with E-state index in [4.69, 9.17) is 5.73 Å². The monoisotopic (exact) mass is 269 g/mol. The van der Waals surface area contributed by atoms with Gasteiger partial charge >= 0.3 is 0 Å². The van der Waals surface area contributed by atoms with Gasteiger partial charge in [0.25, 0.3) is 0 Å². The minimum atomic E-state index is -2.88. The SMILES string of the molecule is NCc1cccc(C(O)C2CCS(=O)(=O)CC2)c1. The van der Waals surface area contributed by atoms with Gasteiger partial charge in [-0.05, 0) is 29.9 Å². The van der Waals surface area contributed by atoms with E-state index in [1.165, 1.54) is 0 Å². The summed E-state index contributed by atoms with van der Waals surface area (Å²) >= 11 is 0. The molecule has 4 nitrogen and oxygen atoms in total. The highest BCUT2D eigenvalue weighted by atomic mass is 32.2. The van der Waals surface area contributed by atoms with Crippen molar-refractivity contribution in [3.8, 4) is 0 Å². The number of rotatable bonds is 3. The number of aliphatic hydroxyl groups excluding tert-OH is 1. The summed E-state index contributed by atoms with van der Waals surface area (Å²) in [7, 11) is -2.88. The summed E-state index contributed by atoms with van der Waals surface area (Å²) in [5.74, 6) is 0.401. The average molecular weight is 269 g/mol. The summed E-state index contributed by atoms with van der Waals surface area (Å²) in [5, 5.41) is 10.3. The van der Waals surface area contributed by atoms with Crippen molar-refractivity contribution in [1.29, 1.82) is 0 Å². The lowest BCUT2D eigenvalue weighted by atomic mass is 9.90. The number of nitrogens with two attached hydrogens (primary N) is 1. The summed E-state index contributed by atoms with van der Waals surface area (Å²) in [6.45, 7) is 0.444. The van der Waals surface area contributed by atoms with Crippen LogP contribution in [0, 0.1) is 5.92 Å². The first-order valence-electron chi connectivity index (χ1n) is 6.19. The Kier molecular flexibility index (Phi) is 4.04. The normalized spacial score (nSPS) is 21.7. The van der Waals surface area contributed by atoms with Crippen molar-refractivity contribution in [2.24, 2.45) is 11.7 Å².